The second-order valence-corrected chi connectivity index (χ2v) is 4.38. The molecule has 0 aromatic heterocycles. The molecule has 0 aliphatic heterocycles. The number of rotatable bonds is 1. The highest BCUT2D eigenvalue weighted by Crippen LogP contribution is 2.28. The van der Waals surface area contributed by atoms with E-state index in [1.54, 1.807) is 0 Å². The van der Waals surface area contributed by atoms with Gasteiger partial charge in [-0.2, -0.15) is 0 Å². The first kappa shape index (κ1) is 11.4. The maximum Gasteiger partial charge on any atom is 0.255 e. The Morgan fingerprint density at radius 2 is 1.87 bits per heavy atom. The van der Waals surface area contributed by atoms with Gasteiger partial charge in [-0.05, 0) is 32.9 Å². The predicted molar refractivity (Wildman–Crippen MR) is 57.0 cm³/mol. The van der Waals surface area contributed by atoms with Gasteiger partial charge >= 0.3 is 0 Å². The molecule has 0 spiro atoms. The van der Waals surface area contributed by atoms with Crippen LogP contribution in [-0.4, -0.2) is 21.7 Å². The van der Waals surface area contributed by atoms with E-state index >= 15 is 0 Å². The van der Waals surface area contributed by atoms with Crippen LogP contribution in [0.15, 0.2) is 18.2 Å². The fourth-order valence-corrected chi connectivity index (χ4v) is 1.12. The van der Waals surface area contributed by atoms with Crippen molar-refractivity contribution < 1.29 is 15.0 Å². The van der Waals surface area contributed by atoms with Gasteiger partial charge in [-0.15, -0.1) is 0 Å². The van der Waals surface area contributed by atoms with Crippen molar-refractivity contribution >= 4 is 5.91 Å². The molecule has 15 heavy (non-hydrogen) atoms. The molecule has 0 atom stereocenters. The molecule has 1 aromatic rings. The molecule has 0 saturated heterocycles. The zero-order valence-corrected chi connectivity index (χ0v) is 9.03. The topological polar surface area (TPSA) is 69.6 Å². The summed E-state index contributed by atoms with van der Waals surface area (Å²) in [6.45, 7) is 5.51. The maximum atomic E-state index is 11.7. The van der Waals surface area contributed by atoms with E-state index in [9.17, 15) is 15.0 Å². The van der Waals surface area contributed by atoms with E-state index in [4.69, 9.17) is 0 Å². The van der Waals surface area contributed by atoms with Crippen LogP contribution >= 0.6 is 0 Å². The third-order valence-corrected chi connectivity index (χ3v) is 1.75. The van der Waals surface area contributed by atoms with Gasteiger partial charge in [-0.3, -0.25) is 4.79 Å². The van der Waals surface area contributed by atoms with Crippen molar-refractivity contribution in [1.29, 1.82) is 0 Å². The molecule has 3 N–H and O–H groups in total. The minimum atomic E-state index is -0.407. The van der Waals surface area contributed by atoms with Crippen molar-refractivity contribution in [2.45, 2.75) is 26.3 Å². The van der Waals surface area contributed by atoms with Gasteiger partial charge < -0.3 is 15.5 Å². The van der Waals surface area contributed by atoms with E-state index in [1.165, 1.54) is 18.2 Å². The number of carbonyl (C=O) groups excluding carboxylic acids is 1. The second kappa shape index (κ2) is 3.81. The van der Waals surface area contributed by atoms with Gasteiger partial charge in [-0.1, -0.05) is 6.07 Å². The monoisotopic (exact) mass is 209 g/mol. The van der Waals surface area contributed by atoms with Crippen LogP contribution in [0.3, 0.4) is 0 Å². The first-order valence-corrected chi connectivity index (χ1v) is 4.65. The van der Waals surface area contributed by atoms with Gasteiger partial charge in [0, 0.05) is 5.54 Å². The average Bonchev–Trinajstić information content (AvgIpc) is 2.06. The smallest absolute Gasteiger partial charge is 0.255 e. The highest BCUT2D eigenvalue weighted by Gasteiger charge is 2.18. The van der Waals surface area contributed by atoms with Gasteiger partial charge in [0.1, 0.15) is 0 Å². The SMILES string of the molecule is CC(C)(C)NC(=O)c1cccc(O)c1O. The van der Waals surface area contributed by atoms with E-state index in [-0.39, 0.29) is 22.6 Å². The van der Waals surface area contributed by atoms with Crippen LogP contribution in [-0.2, 0) is 0 Å². The molecule has 0 saturated carbocycles. The van der Waals surface area contributed by atoms with E-state index in [1.807, 2.05) is 20.8 Å². The quantitative estimate of drug-likeness (QED) is 0.616. The van der Waals surface area contributed by atoms with E-state index < -0.39 is 5.91 Å². The molecule has 0 bridgehead atoms. The Morgan fingerprint density at radius 3 is 2.40 bits per heavy atom. The lowest BCUT2D eigenvalue weighted by Crippen LogP contribution is -2.40. The van der Waals surface area contributed by atoms with Gasteiger partial charge in [0.15, 0.2) is 11.5 Å². The number of phenolic OH excluding ortho intramolecular Hbond substituents is 2. The lowest BCUT2D eigenvalue weighted by molar-refractivity contribution is 0.0916. The summed E-state index contributed by atoms with van der Waals surface area (Å²) >= 11 is 0. The highest BCUT2D eigenvalue weighted by atomic mass is 16.3. The molecule has 0 aliphatic rings. The number of aromatic hydroxyl groups is 2. The van der Waals surface area contributed by atoms with E-state index in [0.717, 1.165) is 0 Å². The summed E-state index contributed by atoms with van der Waals surface area (Å²) < 4.78 is 0. The second-order valence-electron chi connectivity index (χ2n) is 4.38. The Balaban J connectivity index is 2.97. The van der Waals surface area contributed by atoms with Crippen LogP contribution in [0.1, 0.15) is 31.1 Å². The summed E-state index contributed by atoms with van der Waals surface area (Å²) in [5.74, 6) is -1.09. The Morgan fingerprint density at radius 1 is 1.27 bits per heavy atom. The van der Waals surface area contributed by atoms with Crippen molar-refractivity contribution in [2.75, 3.05) is 0 Å². The number of para-hydroxylation sites is 1. The first-order valence-electron chi connectivity index (χ1n) is 4.65. The number of carbonyl (C=O) groups is 1. The Labute approximate surface area is 88.6 Å². The van der Waals surface area contributed by atoms with Crippen molar-refractivity contribution in [3.63, 3.8) is 0 Å². The third kappa shape index (κ3) is 2.87. The Bertz CT molecular complexity index is 380. The van der Waals surface area contributed by atoms with Crippen LogP contribution in [0.25, 0.3) is 0 Å². The summed E-state index contributed by atoms with van der Waals surface area (Å²) in [5, 5.41) is 21.4. The van der Waals surface area contributed by atoms with Gasteiger partial charge in [0.25, 0.3) is 5.91 Å². The molecule has 0 fully saturated rings. The van der Waals surface area contributed by atoms with Crippen molar-refractivity contribution in [3.8, 4) is 11.5 Å². The van der Waals surface area contributed by atoms with Gasteiger partial charge in [0.2, 0.25) is 0 Å². The molecule has 1 rings (SSSR count). The number of amides is 1. The van der Waals surface area contributed by atoms with Crippen LogP contribution in [0, 0.1) is 0 Å². The van der Waals surface area contributed by atoms with Crippen molar-refractivity contribution in [3.05, 3.63) is 23.8 Å². The molecule has 4 heteroatoms. The number of hydrogen-bond acceptors (Lipinski definition) is 3. The van der Waals surface area contributed by atoms with Crippen LogP contribution in [0.4, 0.5) is 0 Å². The summed E-state index contributed by atoms with van der Waals surface area (Å²) in [6.07, 6.45) is 0. The molecule has 1 aromatic carbocycles. The first-order chi connectivity index (χ1) is 6.81. The average molecular weight is 209 g/mol. The van der Waals surface area contributed by atoms with E-state index in [2.05, 4.69) is 5.32 Å². The molecule has 0 unspecified atom stereocenters. The lowest BCUT2D eigenvalue weighted by atomic mass is 10.1. The zero-order valence-electron chi connectivity index (χ0n) is 9.03. The van der Waals surface area contributed by atoms with Crippen molar-refractivity contribution in [1.82, 2.24) is 5.32 Å². The van der Waals surface area contributed by atoms with Crippen LogP contribution in [0.5, 0.6) is 11.5 Å². The molecule has 1 amide bonds. The summed E-state index contributed by atoms with van der Waals surface area (Å²) in [7, 11) is 0. The zero-order chi connectivity index (χ0) is 11.6. The molecular formula is C11H15NO3. The largest absolute Gasteiger partial charge is 0.504 e. The Hall–Kier alpha value is -1.71. The summed E-state index contributed by atoms with van der Waals surface area (Å²) in [4.78, 5) is 11.7. The molecule has 0 aliphatic carbocycles. The normalized spacial score (nSPS) is 11.1. The molecule has 0 radical (unpaired) electrons. The number of nitrogens with one attached hydrogen (secondary N) is 1. The molecule has 0 heterocycles. The Kier molecular flexibility index (Phi) is 2.88. The summed E-state index contributed by atoms with van der Waals surface area (Å²) in [5.41, 5.74) is -0.306. The van der Waals surface area contributed by atoms with Crippen molar-refractivity contribution in [2.24, 2.45) is 0 Å². The molecule has 82 valence electrons. The number of hydrogen-bond donors (Lipinski definition) is 3. The highest BCUT2D eigenvalue weighted by molar-refractivity contribution is 5.97. The van der Waals surface area contributed by atoms with E-state index in [0.29, 0.717) is 0 Å². The number of benzene rings is 1. The fraction of sp³-hybridized carbons (Fsp3) is 0.364. The van der Waals surface area contributed by atoms with Gasteiger partial charge in [-0.25, -0.2) is 0 Å². The predicted octanol–water partition coefficient (Wildman–Crippen LogP) is 1.63. The maximum absolute atomic E-state index is 11.7. The molecular weight excluding hydrogens is 194 g/mol. The number of phenols is 2. The molecule has 4 nitrogen and oxygen atoms in total. The minimum Gasteiger partial charge on any atom is -0.504 e. The van der Waals surface area contributed by atoms with Crippen LogP contribution in [0.2, 0.25) is 0 Å². The lowest BCUT2D eigenvalue weighted by Gasteiger charge is -2.20. The standard InChI is InChI=1S/C11H15NO3/c1-11(2,3)12-10(15)7-5-4-6-8(13)9(7)14/h4-6,13-14H,1-3H3,(H,12,15). The van der Waals surface area contributed by atoms with Gasteiger partial charge in [0.05, 0.1) is 5.56 Å². The van der Waals surface area contributed by atoms with Crippen LogP contribution < -0.4 is 5.32 Å². The summed E-state index contributed by atoms with van der Waals surface area (Å²) in [6, 6.07) is 4.28. The minimum absolute atomic E-state index is 0.0740. The fourth-order valence-electron chi connectivity index (χ4n) is 1.12. The third-order valence-electron chi connectivity index (χ3n) is 1.75.